The predicted molar refractivity (Wildman–Crippen MR) is 101 cm³/mol. The van der Waals surface area contributed by atoms with Crippen LogP contribution < -0.4 is 18.9 Å². The van der Waals surface area contributed by atoms with Crippen LogP contribution in [0.15, 0.2) is 47.4 Å². The summed E-state index contributed by atoms with van der Waals surface area (Å²) in [5, 5.41) is 8.80. The van der Waals surface area contributed by atoms with Gasteiger partial charge in [-0.3, -0.25) is 0 Å². The number of carbonyl (C=O) groups is 1. The van der Waals surface area contributed by atoms with Gasteiger partial charge in [0.25, 0.3) is 0 Å². The summed E-state index contributed by atoms with van der Waals surface area (Å²) < 4.78 is 43.7. The van der Waals surface area contributed by atoms with Gasteiger partial charge in [-0.1, -0.05) is 12.1 Å². The Hall–Kier alpha value is -2.78. The van der Waals surface area contributed by atoms with E-state index < -0.39 is 22.6 Å². The number of aliphatic carboxylic acids is 1. The minimum absolute atomic E-state index is 0.120. The number of ether oxygens (including phenoxy) is 3. The van der Waals surface area contributed by atoms with Gasteiger partial charge >= 0.3 is 5.97 Å². The topological polar surface area (TPSA) is 111 Å². The normalized spacial score (nSPS) is 16.0. The Morgan fingerprint density at radius 1 is 1.25 bits per heavy atom. The summed E-state index contributed by atoms with van der Waals surface area (Å²) in [6.07, 6.45) is 0.626. The molecule has 1 aliphatic heterocycles. The molecule has 0 aliphatic carbocycles. The lowest BCUT2D eigenvalue weighted by Gasteiger charge is -2.27. The van der Waals surface area contributed by atoms with Gasteiger partial charge < -0.3 is 19.3 Å². The summed E-state index contributed by atoms with van der Waals surface area (Å²) in [4.78, 5) is 10.9. The van der Waals surface area contributed by atoms with Crippen LogP contribution in [0.25, 0.3) is 0 Å². The number of nitrogens with one attached hydrogen (secondary N) is 1. The number of carboxylic acid groups (broad SMARTS) is 1. The van der Waals surface area contributed by atoms with Crippen LogP contribution in [0, 0.1) is 0 Å². The van der Waals surface area contributed by atoms with Crippen molar-refractivity contribution in [3.05, 3.63) is 48.0 Å². The summed E-state index contributed by atoms with van der Waals surface area (Å²) in [5.74, 6) is 0.166. The highest BCUT2D eigenvalue weighted by molar-refractivity contribution is 7.89. The van der Waals surface area contributed by atoms with Crippen molar-refractivity contribution in [1.82, 2.24) is 4.72 Å². The molecule has 0 amide bonds. The van der Waals surface area contributed by atoms with Crippen molar-refractivity contribution in [2.75, 3.05) is 26.9 Å². The highest BCUT2D eigenvalue weighted by Crippen LogP contribution is 2.40. The summed E-state index contributed by atoms with van der Waals surface area (Å²) >= 11 is 0. The Morgan fingerprint density at radius 3 is 2.68 bits per heavy atom. The van der Waals surface area contributed by atoms with E-state index in [0.29, 0.717) is 30.3 Å². The number of benzene rings is 2. The summed E-state index contributed by atoms with van der Waals surface area (Å²) in [6, 6.07) is 11.3. The number of hydrogen-bond donors (Lipinski definition) is 2. The molecular formula is C19H21NO7S. The zero-order valence-corrected chi connectivity index (χ0v) is 16.1. The van der Waals surface area contributed by atoms with Crippen molar-refractivity contribution in [2.45, 2.75) is 17.2 Å². The third-order valence-electron chi connectivity index (χ3n) is 4.40. The molecule has 1 atom stereocenters. The number of hydrogen-bond acceptors (Lipinski definition) is 6. The molecule has 2 aromatic carbocycles. The molecule has 2 aromatic rings. The Kier molecular flexibility index (Phi) is 6.05. The molecule has 9 heteroatoms. The van der Waals surface area contributed by atoms with E-state index in [1.54, 1.807) is 24.3 Å². The molecule has 150 valence electrons. The quantitative estimate of drug-likeness (QED) is 0.688. The smallest absolute Gasteiger partial charge is 0.341 e. The van der Waals surface area contributed by atoms with Crippen LogP contribution in [0.3, 0.4) is 0 Å². The van der Waals surface area contributed by atoms with E-state index in [1.165, 1.54) is 19.2 Å². The molecule has 0 saturated heterocycles. The largest absolute Gasteiger partial charge is 0.497 e. The van der Waals surface area contributed by atoms with Crippen molar-refractivity contribution in [3.8, 4) is 17.2 Å². The van der Waals surface area contributed by atoms with Crippen LogP contribution in [-0.4, -0.2) is 46.4 Å². The van der Waals surface area contributed by atoms with E-state index in [2.05, 4.69) is 4.72 Å². The molecule has 8 nitrogen and oxygen atoms in total. The highest BCUT2D eigenvalue weighted by atomic mass is 32.2. The van der Waals surface area contributed by atoms with Crippen molar-refractivity contribution < 1.29 is 32.5 Å². The summed E-state index contributed by atoms with van der Waals surface area (Å²) in [6.45, 7) is 0.0943. The van der Waals surface area contributed by atoms with Gasteiger partial charge in [0.1, 0.15) is 5.75 Å². The lowest BCUT2D eigenvalue weighted by Crippen LogP contribution is -2.31. The van der Waals surface area contributed by atoms with Crippen molar-refractivity contribution >= 4 is 16.0 Å². The molecule has 0 radical (unpaired) electrons. The van der Waals surface area contributed by atoms with Crippen molar-refractivity contribution in [2.24, 2.45) is 0 Å². The molecule has 2 N–H and O–H groups in total. The van der Waals surface area contributed by atoms with Gasteiger partial charge in [-0.2, -0.15) is 0 Å². The first-order valence-corrected chi connectivity index (χ1v) is 10.1. The van der Waals surface area contributed by atoms with E-state index in [-0.39, 0.29) is 17.4 Å². The second-order valence-corrected chi connectivity index (χ2v) is 7.99. The van der Waals surface area contributed by atoms with E-state index >= 15 is 0 Å². The Balaban J connectivity index is 1.74. The van der Waals surface area contributed by atoms with Gasteiger partial charge in [0.2, 0.25) is 10.0 Å². The van der Waals surface area contributed by atoms with E-state index in [9.17, 15) is 13.2 Å². The standard InChI is InChI=1S/C19H21NO7S/c1-25-14-5-7-15(8-6-14)28(23,24)20-11-13-9-10-26-19-16(13)3-2-4-17(19)27-12-18(21)22/h2-8,13,20H,9-12H2,1H3,(H,21,22). The fourth-order valence-corrected chi connectivity index (χ4v) is 4.06. The summed E-state index contributed by atoms with van der Waals surface area (Å²) in [7, 11) is -2.16. The number of fused-ring (bicyclic) bond motifs is 1. The van der Waals surface area contributed by atoms with Crippen LogP contribution in [-0.2, 0) is 14.8 Å². The fourth-order valence-electron chi connectivity index (χ4n) is 2.98. The van der Waals surface area contributed by atoms with Crippen molar-refractivity contribution in [3.63, 3.8) is 0 Å². The lowest BCUT2D eigenvalue weighted by molar-refractivity contribution is -0.139. The van der Waals surface area contributed by atoms with Gasteiger partial charge in [0.05, 0.1) is 18.6 Å². The number of para-hydroxylation sites is 1. The van der Waals surface area contributed by atoms with Crippen LogP contribution >= 0.6 is 0 Å². The van der Waals surface area contributed by atoms with Gasteiger partial charge in [-0.05, 0) is 36.8 Å². The van der Waals surface area contributed by atoms with Crippen LogP contribution in [0.5, 0.6) is 17.2 Å². The van der Waals surface area contributed by atoms with Crippen LogP contribution in [0.4, 0.5) is 0 Å². The molecule has 0 bridgehead atoms. The Labute approximate surface area is 163 Å². The molecule has 0 fully saturated rings. The van der Waals surface area contributed by atoms with Crippen LogP contribution in [0.2, 0.25) is 0 Å². The maximum Gasteiger partial charge on any atom is 0.341 e. The second kappa shape index (κ2) is 8.49. The molecule has 28 heavy (non-hydrogen) atoms. The first kappa shape index (κ1) is 20.0. The Bertz CT molecular complexity index is 941. The minimum atomic E-state index is -3.67. The van der Waals surface area contributed by atoms with Gasteiger partial charge in [-0.25, -0.2) is 17.9 Å². The third kappa shape index (κ3) is 4.55. The molecule has 0 saturated carbocycles. The average molecular weight is 407 g/mol. The number of sulfonamides is 1. The average Bonchev–Trinajstić information content (AvgIpc) is 2.70. The zero-order chi connectivity index (χ0) is 20.1. The molecular weight excluding hydrogens is 386 g/mol. The molecule has 1 heterocycles. The first-order chi connectivity index (χ1) is 13.4. The van der Waals surface area contributed by atoms with Gasteiger partial charge in [0, 0.05) is 18.0 Å². The maximum absolute atomic E-state index is 12.6. The molecule has 1 unspecified atom stereocenters. The number of methoxy groups -OCH3 is 1. The predicted octanol–water partition coefficient (Wildman–Crippen LogP) is 2.00. The van der Waals surface area contributed by atoms with Crippen LogP contribution in [0.1, 0.15) is 17.9 Å². The fraction of sp³-hybridized carbons (Fsp3) is 0.316. The first-order valence-electron chi connectivity index (χ1n) is 8.64. The third-order valence-corrected chi connectivity index (χ3v) is 5.84. The van der Waals surface area contributed by atoms with Gasteiger partial charge in [0.15, 0.2) is 18.1 Å². The second-order valence-electron chi connectivity index (χ2n) is 6.22. The number of carboxylic acids is 1. The number of rotatable bonds is 8. The van der Waals surface area contributed by atoms with Gasteiger partial charge in [-0.15, -0.1) is 0 Å². The van der Waals surface area contributed by atoms with E-state index in [4.69, 9.17) is 19.3 Å². The molecule has 0 spiro atoms. The Morgan fingerprint density at radius 2 is 2.00 bits per heavy atom. The molecule has 1 aliphatic rings. The molecule has 0 aromatic heterocycles. The highest BCUT2D eigenvalue weighted by Gasteiger charge is 2.26. The zero-order valence-electron chi connectivity index (χ0n) is 15.3. The van der Waals surface area contributed by atoms with Crippen molar-refractivity contribution in [1.29, 1.82) is 0 Å². The lowest BCUT2D eigenvalue weighted by atomic mass is 9.93. The van der Waals surface area contributed by atoms with E-state index in [1.807, 2.05) is 6.07 Å². The van der Waals surface area contributed by atoms with E-state index in [0.717, 1.165) is 5.56 Å². The monoisotopic (exact) mass is 407 g/mol. The molecule has 3 rings (SSSR count). The minimum Gasteiger partial charge on any atom is -0.497 e. The SMILES string of the molecule is COc1ccc(S(=O)(=O)NCC2CCOc3c(OCC(=O)O)cccc32)cc1. The maximum atomic E-state index is 12.6. The summed E-state index contributed by atoms with van der Waals surface area (Å²) in [5.41, 5.74) is 0.784.